The molecule has 3 nitrogen and oxygen atoms in total. The molecule has 0 spiro atoms. The molecule has 0 radical (unpaired) electrons. The van der Waals surface area contributed by atoms with Crippen molar-refractivity contribution in [2.24, 2.45) is 0 Å². The van der Waals surface area contributed by atoms with Crippen LogP contribution in [0.5, 0.6) is 0 Å². The monoisotopic (exact) mass is 333 g/mol. The number of halogens is 1. The molecular formula is C16H16BrNO2. The van der Waals surface area contributed by atoms with Crippen LogP contribution >= 0.6 is 15.9 Å². The summed E-state index contributed by atoms with van der Waals surface area (Å²) in [7, 11) is 0. The van der Waals surface area contributed by atoms with Gasteiger partial charge in [-0.1, -0.05) is 46.3 Å². The number of hydrogen-bond acceptors (Lipinski definition) is 2. The van der Waals surface area contributed by atoms with Crippen molar-refractivity contribution in [3.05, 3.63) is 64.1 Å². The summed E-state index contributed by atoms with van der Waals surface area (Å²) >= 11 is 3.32. The van der Waals surface area contributed by atoms with E-state index in [1.165, 1.54) is 5.56 Å². The maximum absolute atomic E-state index is 11.0. The van der Waals surface area contributed by atoms with Crippen LogP contribution in [0.4, 0.5) is 5.69 Å². The van der Waals surface area contributed by atoms with Crippen LogP contribution in [-0.4, -0.2) is 17.6 Å². The van der Waals surface area contributed by atoms with Crippen LogP contribution in [0.3, 0.4) is 0 Å². The maximum Gasteiger partial charge on any atom is 0.335 e. The summed E-state index contributed by atoms with van der Waals surface area (Å²) in [4.78, 5) is 11.0. The second kappa shape index (κ2) is 7.10. The molecule has 0 saturated carbocycles. The van der Waals surface area contributed by atoms with Gasteiger partial charge in [0.15, 0.2) is 0 Å². The Hall–Kier alpha value is -1.81. The molecule has 2 rings (SSSR count). The van der Waals surface area contributed by atoms with Gasteiger partial charge >= 0.3 is 5.97 Å². The highest BCUT2D eigenvalue weighted by molar-refractivity contribution is 9.10. The molecule has 0 atom stereocenters. The number of nitrogens with one attached hydrogen (secondary N) is 1. The first-order valence-corrected chi connectivity index (χ1v) is 7.26. The first-order valence-electron chi connectivity index (χ1n) is 6.47. The lowest BCUT2D eigenvalue weighted by atomic mass is 10.1. The van der Waals surface area contributed by atoms with Crippen LogP contribution in [0.15, 0.2) is 53.0 Å². The summed E-state index contributed by atoms with van der Waals surface area (Å²) < 4.78 is 0.767. The van der Waals surface area contributed by atoms with Crippen molar-refractivity contribution in [1.82, 2.24) is 0 Å². The second-order valence-corrected chi connectivity index (χ2v) is 5.47. The Kier molecular flexibility index (Phi) is 5.18. The maximum atomic E-state index is 11.0. The van der Waals surface area contributed by atoms with E-state index in [9.17, 15) is 4.79 Å². The minimum Gasteiger partial charge on any atom is -0.478 e. The zero-order chi connectivity index (χ0) is 14.4. The van der Waals surface area contributed by atoms with Crippen molar-refractivity contribution in [1.29, 1.82) is 0 Å². The van der Waals surface area contributed by atoms with Gasteiger partial charge in [0.25, 0.3) is 0 Å². The average Bonchev–Trinajstić information content (AvgIpc) is 2.44. The number of aryl methyl sites for hydroxylation is 1. The summed E-state index contributed by atoms with van der Waals surface area (Å²) in [5.74, 6) is -0.918. The molecule has 0 heterocycles. The number of carboxylic acid groups (broad SMARTS) is 1. The molecule has 20 heavy (non-hydrogen) atoms. The van der Waals surface area contributed by atoms with E-state index in [1.807, 2.05) is 24.3 Å². The van der Waals surface area contributed by atoms with E-state index < -0.39 is 5.97 Å². The number of carboxylic acids is 1. The minimum absolute atomic E-state index is 0.282. The third-order valence-corrected chi connectivity index (χ3v) is 3.42. The van der Waals surface area contributed by atoms with Gasteiger partial charge in [0.05, 0.1) is 5.56 Å². The Bertz CT molecular complexity index is 584. The fourth-order valence-corrected chi connectivity index (χ4v) is 2.48. The molecule has 0 aromatic heterocycles. The number of benzene rings is 2. The van der Waals surface area contributed by atoms with Crippen molar-refractivity contribution < 1.29 is 9.90 Å². The lowest BCUT2D eigenvalue weighted by Gasteiger charge is -2.08. The number of rotatable bonds is 6. The van der Waals surface area contributed by atoms with E-state index in [4.69, 9.17) is 5.11 Å². The van der Waals surface area contributed by atoms with Gasteiger partial charge < -0.3 is 10.4 Å². The third kappa shape index (κ3) is 4.38. The molecule has 0 aliphatic carbocycles. The van der Waals surface area contributed by atoms with E-state index in [0.717, 1.165) is 29.5 Å². The van der Waals surface area contributed by atoms with Gasteiger partial charge in [0.2, 0.25) is 0 Å². The third-order valence-electron chi connectivity index (χ3n) is 2.96. The van der Waals surface area contributed by atoms with Crippen molar-refractivity contribution >= 4 is 27.6 Å². The van der Waals surface area contributed by atoms with Crippen molar-refractivity contribution in [3.8, 4) is 0 Å². The summed E-state index contributed by atoms with van der Waals surface area (Å²) in [5, 5.41) is 12.3. The zero-order valence-electron chi connectivity index (χ0n) is 11.0. The SMILES string of the molecule is O=C(O)c1cc(Br)cc(NCCCc2ccccc2)c1. The molecular weight excluding hydrogens is 318 g/mol. The van der Waals surface area contributed by atoms with Crippen LogP contribution in [0.25, 0.3) is 0 Å². The van der Waals surface area contributed by atoms with E-state index >= 15 is 0 Å². The highest BCUT2D eigenvalue weighted by Crippen LogP contribution is 2.19. The van der Waals surface area contributed by atoms with Gasteiger partial charge in [-0.3, -0.25) is 0 Å². The largest absolute Gasteiger partial charge is 0.478 e. The highest BCUT2D eigenvalue weighted by Gasteiger charge is 2.05. The standard InChI is InChI=1S/C16H16BrNO2/c17-14-9-13(16(19)20)10-15(11-14)18-8-4-7-12-5-2-1-3-6-12/h1-3,5-6,9-11,18H,4,7-8H2,(H,19,20). The fraction of sp³-hybridized carbons (Fsp3) is 0.188. The van der Waals surface area contributed by atoms with Gasteiger partial charge in [-0.05, 0) is 36.6 Å². The van der Waals surface area contributed by atoms with Gasteiger partial charge in [-0.15, -0.1) is 0 Å². The van der Waals surface area contributed by atoms with Crippen LogP contribution in [-0.2, 0) is 6.42 Å². The Morgan fingerprint density at radius 1 is 1.15 bits per heavy atom. The first-order chi connectivity index (χ1) is 9.65. The molecule has 0 unspecified atom stereocenters. The Labute approximate surface area is 126 Å². The smallest absolute Gasteiger partial charge is 0.335 e. The fourth-order valence-electron chi connectivity index (χ4n) is 1.99. The average molecular weight is 334 g/mol. The predicted molar refractivity (Wildman–Crippen MR) is 84.4 cm³/mol. The number of carbonyl (C=O) groups is 1. The van der Waals surface area contributed by atoms with Gasteiger partial charge in [-0.2, -0.15) is 0 Å². The van der Waals surface area contributed by atoms with E-state index in [-0.39, 0.29) is 5.56 Å². The van der Waals surface area contributed by atoms with Gasteiger partial charge in [0.1, 0.15) is 0 Å². The Morgan fingerprint density at radius 3 is 2.60 bits per heavy atom. The molecule has 2 aromatic rings. The molecule has 2 aromatic carbocycles. The van der Waals surface area contributed by atoms with Crippen LogP contribution in [0, 0.1) is 0 Å². The predicted octanol–water partition coefficient (Wildman–Crippen LogP) is 4.19. The van der Waals surface area contributed by atoms with Crippen molar-refractivity contribution in [3.63, 3.8) is 0 Å². The quantitative estimate of drug-likeness (QED) is 0.779. The number of hydrogen-bond donors (Lipinski definition) is 2. The van der Waals surface area contributed by atoms with Gasteiger partial charge in [-0.25, -0.2) is 4.79 Å². The molecule has 4 heteroatoms. The Morgan fingerprint density at radius 2 is 1.90 bits per heavy atom. The molecule has 0 aliphatic rings. The molecule has 0 fully saturated rings. The molecule has 0 aliphatic heterocycles. The minimum atomic E-state index is -0.918. The number of anilines is 1. The molecule has 0 saturated heterocycles. The normalized spacial score (nSPS) is 10.2. The van der Waals surface area contributed by atoms with E-state index in [0.29, 0.717) is 0 Å². The summed E-state index contributed by atoms with van der Waals surface area (Å²) in [6, 6.07) is 15.4. The van der Waals surface area contributed by atoms with E-state index in [1.54, 1.807) is 12.1 Å². The summed E-state index contributed by atoms with van der Waals surface area (Å²) in [6.45, 7) is 0.810. The number of aromatic carboxylic acids is 1. The highest BCUT2D eigenvalue weighted by atomic mass is 79.9. The van der Waals surface area contributed by atoms with Crippen LogP contribution in [0.1, 0.15) is 22.3 Å². The van der Waals surface area contributed by atoms with E-state index in [2.05, 4.69) is 33.4 Å². The van der Waals surface area contributed by atoms with Crippen LogP contribution in [0.2, 0.25) is 0 Å². The molecule has 0 amide bonds. The molecule has 104 valence electrons. The van der Waals surface area contributed by atoms with Gasteiger partial charge in [0, 0.05) is 16.7 Å². The first kappa shape index (κ1) is 14.6. The molecule has 2 N–H and O–H groups in total. The molecule has 0 bridgehead atoms. The second-order valence-electron chi connectivity index (χ2n) is 4.55. The lowest BCUT2D eigenvalue weighted by molar-refractivity contribution is 0.0697. The van der Waals surface area contributed by atoms with Crippen molar-refractivity contribution in [2.45, 2.75) is 12.8 Å². The van der Waals surface area contributed by atoms with Crippen molar-refractivity contribution in [2.75, 3.05) is 11.9 Å². The lowest BCUT2D eigenvalue weighted by Crippen LogP contribution is -2.05. The zero-order valence-corrected chi connectivity index (χ0v) is 12.6. The Balaban J connectivity index is 1.86. The summed E-state index contributed by atoms with van der Waals surface area (Å²) in [6.07, 6.45) is 2.01. The topological polar surface area (TPSA) is 49.3 Å². The summed E-state index contributed by atoms with van der Waals surface area (Å²) in [5.41, 5.74) is 2.42. The van der Waals surface area contributed by atoms with Crippen LogP contribution < -0.4 is 5.32 Å².